The van der Waals surface area contributed by atoms with Crippen molar-refractivity contribution < 1.29 is 19.5 Å². The third-order valence-electron chi connectivity index (χ3n) is 3.50. The van der Waals surface area contributed by atoms with Gasteiger partial charge >= 0.3 is 5.97 Å². The molecule has 128 valence electrons. The number of amides is 2. The molecule has 22 heavy (non-hydrogen) atoms. The van der Waals surface area contributed by atoms with Gasteiger partial charge in [0.1, 0.15) is 12.1 Å². The molecule has 0 heterocycles. The Morgan fingerprint density at radius 1 is 0.773 bits per heavy atom. The summed E-state index contributed by atoms with van der Waals surface area (Å²) in [6, 6.07) is -2.53. The van der Waals surface area contributed by atoms with E-state index in [9.17, 15) is 14.4 Å². The molecule has 5 N–H and O–H groups in total. The van der Waals surface area contributed by atoms with E-state index in [0.717, 1.165) is 0 Å². The van der Waals surface area contributed by atoms with Crippen molar-refractivity contribution in [1.29, 1.82) is 0 Å². The average Bonchev–Trinajstić information content (AvgIpc) is 2.39. The van der Waals surface area contributed by atoms with Crippen LogP contribution < -0.4 is 16.4 Å². The van der Waals surface area contributed by atoms with Crippen molar-refractivity contribution in [3.63, 3.8) is 0 Å². The van der Waals surface area contributed by atoms with E-state index in [0.29, 0.717) is 0 Å². The molecule has 0 aromatic carbocycles. The molecule has 0 radical (unpaired) electrons. The SMILES string of the molecule is CC(C)[C@H](N)C(=O)N[C@@H](C(=O)N[C@H](C(=O)O)C(C)C)C(C)C. The van der Waals surface area contributed by atoms with Crippen LogP contribution in [0.25, 0.3) is 0 Å². The second kappa shape index (κ2) is 8.73. The number of carboxylic acids is 1. The molecule has 0 aromatic heterocycles. The summed E-state index contributed by atoms with van der Waals surface area (Å²) < 4.78 is 0. The minimum atomic E-state index is -1.10. The average molecular weight is 315 g/mol. The Kier molecular flexibility index (Phi) is 8.08. The van der Waals surface area contributed by atoms with E-state index in [2.05, 4.69) is 10.6 Å². The van der Waals surface area contributed by atoms with Crippen molar-refractivity contribution in [3.05, 3.63) is 0 Å². The molecule has 0 rings (SSSR count). The molecule has 7 nitrogen and oxygen atoms in total. The highest BCUT2D eigenvalue weighted by atomic mass is 16.4. The van der Waals surface area contributed by atoms with Gasteiger partial charge in [-0.25, -0.2) is 4.79 Å². The Morgan fingerprint density at radius 2 is 1.18 bits per heavy atom. The molecule has 7 heteroatoms. The molecule has 0 unspecified atom stereocenters. The van der Waals surface area contributed by atoms with Crippen LogP contribution in [0.5, 0.6) is 0 Å². The van der Waals surface area contributed by atoms with E-state index >= 15 is 0 Å². The number of nitrogens with two attached hydrogens (primary N) is 1. The molecule has 0 aliphatic heterocycles. The van der Waals surface area contributed by atoms with Crippen molar-refractivity contribution >= 4 is 17.8 Å². The van der Waals surface area contributed by atoms with Crippen LogP contribution in [-0.2, 0) is 14.4 Å². The zero-order valence-corrected chi connectivity index (χ0v) is 14.2. The minimum Gasteiger partial charge on any atom is -0.480 e. The second-order valence-electron chi connectivity index (χ2n) is 6.57. The monoisotopic (exact) mass is 315 g/mol. The summed E-state index contributed by atoms with van der Waals surface area (Å²) in [7, 11) is 0. The van der Waals surface area contributed by atoms with E-state index in [-0.39, 0.29) is 17.8 Å². The van der Waals surface area contributed by atoms with Crippen molar-refractivity contribution in [2.24, 2.45) is 23.5 Å². The zero-order valence-electron chi connectivity index (χ0n) is 14.2. The summed E-state index contributed by atoms with van der Waals surface area (Å²) in [4.78, 5) is 35.5. The first-order valence-electron chi connectivity index (χ1n) is 7.58. The lowest BCUT2D eigenvalue weighted by molar-refractivity contribution is -0.143. The van der Waals surface area contributed by atoms with Crippen LogP contribution >= 0.6 is 0 Å². The Bertz CT molecular complexity index is 408. The molecule has 0 saturated heterocycles. The number of aliphatic carboxylic acids is 1. The van der Waals surface area contributed by atoms with Crippen LogP contribution in [0.3, 0.4) is 0 Å². The number of carbonyl (C=O) groups is 3. The van der Waals surface area contributed by atoms with Gasteiger partial charge < -0.3 is 21.5 Å². The summed E-state index contributed by atoms with van der Waals surface area (Å²) in [6.07, 6.45) is 0. The molecule has 0 aliphatic rings. The quantitative estimate of drug-likeness (QED) is 0.514. The van der Waals surface area contributed by atoms with Crippen molar-refractivity contribution in [2.75, 3.05) is 0 Å². The number of hydrogen-bond donors (Lipinski definition) is 4. The molecule has 0 spiro atoms. The van der Waals surface area contributed by atoms with Crippen LogP contribution in [0.1, 0.15) is 41.5 Å². The van der Waals surface area contributed by atoms with Crippen LogP contribution in [0.15, 0.2) is 0 Å². The predicted octanol–water partition coefficient (Wildman–Crippen LogP) is 0.336. The van der Waals surface area contributed by atoms with E-state index < -0.39 is 35.9 Å². The van der Waals surface area contributed by atoms with E-state index in [4.69, 9.17) is 10.8 Å². The maximum atomic E-state index is 12.3. The fraction of sp³-hybridized carbons (Fsp3) is 0.800. The maximum absolute atomic E-state index is 12.3. The summed E-state index contributed by atoms with van der Waals surface area (Å²) in [6.45, 7) is 10.6. The molecule has 0 aliphatic carbocycles. The molecule has 3 atom stereocenters. The lowest BCUT2D eigenvalue weighted by Crippen LogP contribution is -2.57. The first-order valence-corrected chi connectivity index (χ1v) is 7.58. The van der Waals surface area contributed by atoms with Gasteiger partial charge in [0, 0.05) is 0 Å². The van der Waals surface area contributed by atoms with Gasteiger partial charge in [-0.1, -0.05) is 41.5 Å². The fourth-order valence-electron chi connectivity index (χ4n) is 1.84. The summed E-state index contributed by atoms with van der Waals surface area (Å²) >= 11 is 0. The number of hydrogen-bond acceptors (Lipinski definition) is 4. The van der Waals surface area contributed by atoms with Gasteiger partial charge in [0.15, 0.2) is 0 Å². The largest absolute Gasteiger partial charge is 0.480 e. The lowest BCUT2D eigenvalue weighted by Gasteiger charge is -2.27. The van der Waals surface area contributed by atoms with Gasteiger partial charge in [-0.3, -0.25) is 9.59 Å². The standard InChI is InChI=1S/C15H29N3O4/c1-7(2)10(16)13(19)17-11(8(3)4)14(20)18-12(9(5)6)15(21)22/h7-12H,16H2,1-6H3,(H,17,19)(H,18,20)(H,21,22)/t10-,11+,12-/m0/s1. The molecule has 0 bridgehead atoms. The molecule has 0 saturated carbocycles. The number of carboxylic acid groups (broad SMARTS) is 1. The van der Waals surface area contributed by atoms with Crippen molar-refractivity contribution in [3.8, 4) is 0 Å². The highest BCUT2D eigenvalue weighted by Gasteiger charge is 2.31. The normalized spacial score (nSPS) is 15.5. The molecular formula is C15H29N3O4. The Hall–Kier alpha value is -1.63. The van der Waals surface area contributed by atoms with Crippen molar-refractivity contribution in [2.45, 2.75) is 59.7 Å². The van der Waals surface area contributed by atoms with Gasteiger partial charge in [-0.15, -0.1) is 0 Å². The smallest absolute Gasteiger partial charge is 0.326 e. The molecule has 2 amide bonds. The van der Waals surface area contributed by atoms with E-state index in [1.807, 2.05) is 13.8 Å². The predicted molar refractivity (Wildman–Crippen MR) is 84.0 cm³/mol. The summed E-state index contributed by atoms with van der Waals surface area (Å²) in [5.41, 5.74) is 5.77. The van der Waals surface area contributed by atoms with Gasteiger partial charge in [0.2, 0.25) is 11.8 Å². The molecule has 0 fully saturated rings. The zero-order chi connectivity index (χ0) is 17.6. The fourth-order valence-corrected chi connectivity index (χ4v) is 1.84. The highest BCUT2D eigenvalue weighted by Crippen LogP contribution is 2.08. The van der Waals surface area contributed by atoms with E-state index in [1.165, 1.54) is 0 Å². The van der Waals surface area contributed by atoms with Gasteiger partial charge in [0.25, 0.3) is 0 Å². The van der Waals surface area contributed by atoms with Gasteiger partial charge in [0.05, 0.1) is 6.04 Å². The Balaban J connectivity index is 4.99. The summed E-state index contributed by atoms with van der Waals surface area (Å²) in [5.74, 6) is -2.54. The van der Waals surface area contributed by atoms with Crippen LogP contribution in [-0.4, -0.2) is 41.0 Å². The summed E-state index contributed by atoms with van der Waals surface area (Å²) in [5, 5.41) is 14.2. The lowest BCUT2D eigenvalue weighted by atomic mass is 9.98. The maximum Gasteiger partial charge on any atom is 0.326 e. The highest BCUT2D eigenvalue weighted by molar-refractivity contribution is 5.92. The number of nitrogens with one attached hydrogen (secondary N) is 2. The second-order valence-corrected chi connectivity index (χ2v) is 6.57. The Labute approximate surface area is 132 Å². The third kappa shape index (κ3) is 6.01. The van der Waals surface area contributed by atoms with Crippen LogP contribution in [0.2, 0.25) is 0 Å². The van der Waals surface area contributed by atoms with E-state index in [1.54, 1.807) is 27.7 Å². The van der Waals surface area contributed by atoms with Gasteiger partial charge in [-0.2, -0.15) is 0 Å². The molecule has 0 aromatic rings. The topological polar surface area (TPSA) is 122 Å². The van der Waals surface area contributed by atoms with Crippen LogP contribution in [0.4, 0.5) is 0 Å². The van der Waals surface area contributed by atoms with Gasteiger partial charge in [-0.05, 0) is 17.8 Å². The Morgan fingerprint density at radius 3 is 1.50 bits per heavy atom. The first-order chi connectivity index (χ1) is 9.98. The van der Waals surface area contributed by atoms with Crippen molar-refractivity contribution in [1.82, 2.24) is 10.6 Å². The first kappa shape index (κ1) is 20.4. The minimum absolute atomic E-state index is 0.0571. The number of rotatable bonds is 8. The molecular weight excluding hydrogens is 286 g/mol. The third-order valence-corrected chi connectivity index (χ3v) is 3.50. The van der Waals surface area contributed by atoms with Crippen LogP contribution in [0, 0.1) is 17.8 Å². The number of carbonyl (C=O) groups excluding carboxylic acids is 2.